The maximum atomic E-state index is 10.7. The third-order valence-corrected chi connectivity index (χ3v) is 5.63. The first-order valence-electron chi connectivity index (χ1n) is 5.84. The van der Waals surface area contributed by atoms with Crippen molar-refractivity contribution >= 4 is 22.3 Å². The van der Waals surface area contributed by atoms with Gasteiger partial charge in [-0.05, 0) is 0 Å². The van der Waals surface area contributed by atoms with Gasteiger partial charge in [0, 0.05) is 0 Å². The Morgan fingerprint density at radius 1 is 1.20 bits per heavy atom. The quantitative estimate of drug-likeness (QED) is 0.253. The number of aliphatic carboxylic acids is 1. The number of hydrogen-bond acceptors (Lipinski definition) is 9. The van der Waals surface area contributed by atoms with E-state index in [9.17, 15) is 19.7 Å². The van der Waals surface area contributed by atoms with Crippen LogP contribution in [0.1, 0.15) is 25.7 Å². The molecule has 0 aromatic heterocycles. The number of aliphatic hydroxyl groups is 1. The molecule has 0 radical (unpaired) electrons. The zero-order valence-electron chi connectivity index (χ0n) is 10.5. The molecule has 1 aliphatic carbocycles. The molecule has 0 bridgehead atoms. The van der Waals surface area contributed by atoms with Gasteiger partial charge in [-0.25, -0.2) is 0 Å². The number of carboxylic acids is 1. The van der Waals surface area contributed by atoms with E-state index in [1.54, 1.807) is 0 Å². The van der Waals surface area contributed by atoms with Gasteiger partial charge in [-0.3, -0.25) is 0 Å². The van der Waals surface area contributed by atoms with Crippen LogP contribution in [0.3, 0.4) is 0 Å². The predicted octanol–water partition coefficient (Wildman–Crippen LogP) is -1.19. The molecule has 0 aromatic rings. The first-order chi connectivity index (χ1) is 8.94. The van der Waals surface area contributed by atoms with Gasteiger partial charge in [-0.1, -0.05) is 0 Å². The number of hydrogen-bond donors (Lipinski definition) is 7. The van der Waals surface area contributed by atoms with Gasteiger partial charge < -0.3 is 0 Å². The maximum absolute atomic E-state index is 10.7. The fourth-order valence-corrected chi connectivity index (χ4v) is 3.92. The Morgan fingerprint density at radius 2 is 1.75 bits per heavy atom. The summed E-state index contributed by atoms with van der Waals surface area (Å²) in [5, 5.41) is 18.9. The minimum absolute atomic E-state index is 0.194. The number of carboxylic acid groups (broad SMARTS) is 1. The molecule has 0 saturated heterocycles. The van der Waals surface area contributed by atoms with Crippen molar-refractivity contribution < 1.29 is 48.3 Å². The van der Waals surface area contributed by atoms with Crippen LogP contribution in [0.2, 0.25) is 0 Å². The van der Waals surface area contributed by atoms with Gasteiger partial charge in [-0.15, -0.1) is 0 Å². The van der Waals surface area contributed by atoms with Crippen LogP contribution < -0.4 is 0 Å². The van der Waals surface area contributed by atoms with Gasteiger partial charge in [0.1, 0.15) is 0 Å². The molecule has 10 nitrogen and oxygen atoms in total. The second-order valence-electron chi connectivity index (χ2n) is 4.77. The van der Waals surface area contributed by atoms with Crippen LogP contribution in [0.5, 0.6) is 0 Å². The van der Waals surface area contributed by atoms with Crippen molar-refractivity contribution in [2.24, 2.45) is 5.92 Å². The SMILES string of the molecule is O=C(O)CC(O)(CCO[PH](O)(O)O[PH](O)(O)O)C1CC1. The average molecular weight is 338 g/mol. The van der Waals surface area contributed by atoms with Crippen LogP contribution >= 0.6 is 16.3 Å². The minimum atomic E-state index is -5.14. The number of rotatable bonds is 9. The van der Waals surface area contributed by atoms with Gasteiger partial charge >= 0.3 is 114 Å². The van der Waals surface area contributed by atoms with E-state index < -0.39 is 40.9 Å². The van der Waals surface area contributed by atoms with Crippen molar-refractivity contribution in [2.75, 3.05) is 6.61 Å². The molecule has 1 aliphatic rings. The average Bonchev–Trinajstić information content (AvgIpc) is 2.93. The monoisotopic (exact) mass is 338 g/mol. The van der Waals surface area contributed by atoms with Gasteiger partial charge in [-0.2, -0.15) is 0 Å². The third-order valence-electron chi connectivity index (χ3n) is 2.89. The molecule has 0 amide bonds. The second kappa shape index (κ2) is 6.41. The van der Waals surface area contributed by atoms with Crippen molar-refractivity contribution in [3.05, 3.63) is 0 Å². The molecule has 1 saturated carbocycles. The Kier molecular flexibility index (Phi) is 5.79. The third kappa shape index (κ3) is 6.64. The van der Waals surface area contributed by atoms with E-state index in [0.717, 1.165) is 0 Å². The van der Waals surface area contributed by atoms with E-state index in [1.807, 2.05) is 0 Å². The standard InChI is InChI=1S/C8H20O10P2/c9-7(10)5-8(11,6-1-2-6)3-4-17-20(15,16)18-19(12,13)14/h6,11-16,19-20H,1-5H2,(H,9,10). The molecule has 20 heavy (non-hydrogen) atoms. The van der Waals surface area contributed by atoms with E-state index in [0.29, 0.717) is 12.8 Å². The zero-order valence-corrected chi connectivity index (χ0v) is 12.5. The summed E-state index contributed by atoms with van der Waals surface area (Å²) in [5.41, 5.74) is -1.53. The van der Waals surface area contributed by atoms with Crippen molar-refractivity contribution in [2.45, 2.75) is 31.3 Å². The van der Waals surface area contributed by atoms with Crippen LogP contribution in [0.4, 0.5) is 0 Å². The van der Waals surface area contributed by atoms with Crippen molar-refractivity contribution in [3.8, 4) is 0 Å². The Labute approximate surface area is 115 Å². The van der Waals surface area contributed by atoms with E-state index in [-0.39, 0.29) is 12.3 Å². The topological polar surface area (TPSA) is 177 Å². The molecule has 1 unspecified atom stereocenters. The zero-order chi connectivity index (χ0) is 15.6. The molecule has 12 heteroatoms. The van der Waals surface area contributed by atoms with Crippen molar-refractivity contribution in [3.63, 3.8) is 0 Å². The molecule has 0 spiro atoms. The van der Waals surface area contributed by atoms with Crippen LogP contribution in [-0.2, 0) is 13.6 Å². The molecule has 122 valence electrons. The van der Waals surface area contributed by atoms with Gasteiger partial charge in [0.25, 0.3) is 0 Å². The summed E-state index contributed by atoms with van der Waals surface area (Å²) in [5.74, 6) is -1.39. The summed E-state index contributed by atoms with van der Waals surface area (Å²) >= 11 is 0. The Morgan fingerprint density at radius 3 is 2.15 bits per heavy atom. The first kappa shape index (κ1) is 18.1. The molecule has 7 N–H and O–H groups in total. The molecule has 1 rings (SSSR count). The number of carbonyl (C=O) groups is 1. The van der Waals surface area contributed by atoms with Crippen LogP contribution in [-0.4, -0.2) is 52.9 Å². The normalized spacial score (nSPS) is 21.3. The summed E-state index contributed by atoms with van der Waals surface area (Å²) in [7, 11) is -10.1. The Bertz CT molecular complexity index is 352. The van der Waals surface area contributed by atoms with Gasteiger partial charge in [0.2, 0.25) is 0 Å². The molecule has 1 atom stereocenters. The summed E-state index contributed by atoms with van der Waals surface area (Å²) in [6.07, 6.45) is 0.633. The van der Waals surface area contributed by atoms with Gasteiger partial charge in [0.05, 0.1) is 0 Å². The van der Waals surface area contributed by atoms with Crippen molar-refractivity contribution in [1.29, 1.82) is 0 Å². The van der Waals surface area contributed by atoms with E-state index in [4.69, 9.17) is 19.8 Å². The molecule has 0 aliphatic heterocycles. The fourth-order valence-electron chi connectivity index (χ4n) is 1.89. The summed E-state index contributed by atoms with van der Waals surface area (Å²) in [6, 6.07) is 0. The van der Waals surface area contributed by atoms with E-state index in [1.165, 1.54) is 0 Å². The molecule has 1 fully saturated rings. The van der Waals surface area contributed by atoms with Crippen LogP contribution in [0, 0.1) is 5.92 Å². The van der Waals surface area contributed by atoms with Crippen LogP contribution in [0.15, 0.2) is 0 Å². The van der Waals surface area contributed by atoms with E-state index >= 15 is 0 Å². The molecule has 0 aromatic carbocycles. The summed E-state index contributed by atoms with van der Waals surface area (Å²) in [4.78, 5) is 54.8. The second-order valence-corrected chi connectivity index (χ2v) is 8.12. The van der Waals surface area contributed by atoms with Gasteiger partial charge in [0.15, 0.2) is 0 Å². The predicted molar refractivity (Wildman–Crippen MR) is 69.3 cm³/mol. The first-order valence-corrected chi connectivity index (χ1v) is 9.30. The molecular weight excluding hydrogens is 318 g/mol. The van der Waals surface area contributed by atoms with Crippen LogP contribution in [0.25, 0.3) is 0 Å². The summed E-state index contributed by atoms with van der Waals surface area (Å²) in [6.45, 7) is -0.468. The Hall–Kier alpha value is 0.01000. The molecule has 0 heterocycles. The fraction of sp³-hybridized carbons (Fsp3) is 0.875. The van der Waals surface area contributed by atoms with Crippen molar-refractivity contribution in [1.82, 2.24) is 0 Å². The summed E-state index contributed by atoms with van der Waals surface area (Å²) < 4.78 is 8.32. The molecular formula is C8H20O10P2. The Balaban J connectivity index is 2.46. The van der Waals surface area contributed by atoms with E-state index in [2.05, 4.69) is 8.83 Å².